The Morgan fingerprint density at radius 2 is 1.84 bits per heavy atom. The molecule has 2 aliphatic rings. The smallest absolute Gasteiger partial charge is 0.433 e. The van der Waals surface area contributed by atoms with E-state index in [4.69, 9.17) is 11.6 Å². The second-order valence-electron chi connectivity index (χ2n) is 10.9. The van der Waals surface area contributed by atoms with E-state index in [0.717, 1.165) is 22.0 Å². The lowest BCUT2D eigenvalue weighted by atomic mass is 9.86. The highest BCUT2D eigenvalue weighted by Gasteiger charge is 2.45. The molecule has 1 N–H and O–H groups in total. The fourth-order valence-corrected chi connectivity index (χ4v) is 6.20. The summed E-state index contributed by atoms with van der Waals surface area (Å²) in [6.07, 6.45) is 2.42. The third kappa shape index (κ3) is 5.70. The van der Waals surface area contributed by atoms with Gasteiger partial charge in [-0.25, -0.2) is 0 Å². The Balaban J connectivity index is 1.66. The molecule has 0 radical (unpaired) electrons. The van der Waals surface area contributed by atoms with Crippen molar-refractivity contribution < 1.29 is 27.9 Å². The summed E-state index contributed by atoms with van der Waals surface area (Å²) in [6, 6.07) is -0.917. The predicted molar refractivity (Wildman–Crippen MR) is 136 cm³/mol. The zero-order valence-corrected chi connectivity index (χ0v) is 22.6. The van der Waals surface area contributed by atoms with Crippen molar-refractivity contribution in [2.24, 2.45) is 17.8 Å². The number of halogens is 4. The quantitative estimate of drug-likeness (QED) is 0.449. The number of carboxylic acids is 1. The molecule has 208 valence electrons. The van der Waals surface area contributed by atoms with E-state index < -0.39 is 41.3 Å². The molecule has 0 spiro atoms. The molecule has 11 heteroatoms. The number of aryl methyl sites for hydroxylation is 1. The van der Waals surface area contributed by atoms with E-state index in [9.17, 15) is 27.9 Å². The van der Waals surface area contributed by atoms with Gasteiger partial charge in [0, 0.05) is 25.0 Å². The molecule has 2 aromatic heterocycles. The van der Waals surface area contributed by atoms with Gasteiger partial charge in [-0.05, 0) is 67.9 Å². The van der Waals surface area contributed by atoms with Gasteiger partial charge in [0.2, 0.25) is 0 Å². The number of amides is 1. The van der Waals surface area contributed by atoms with Crippen LogP contribution < -0.4 is 0 Å². The molecular weight excluding hydrogens is 521 g/mol. The van der Waals surface area contributed by atoms with Gasteiger partial charge in [-0.1, -0.05) is 32.4 Å². The lowest BCUT2D eigenvalue weighted by Gasteiger charge is -2.29. The van der Waals surface area contributed by atoms with Crippen LogP contribution in [0.4, 0.5) is 13.2 Å². The van der Waals surface area contributed by atoms with Crippen molar-refractivity contribution in [1.29, 1.82) is 0 Å². The van der Waals surface area contributed by atoms with Crippen molar-refractivity contribution in [3.63, 3.8) is 0 Å². The van der Waals surface area contributed by atoms with Crippen LogP contribution in [0, 0.1) is 17.8 Å². The molecule has 2 aromatic rings. The van der Waals surface area contributed by atoms with Crippen LogP contribution in [0.15, 0.2) is 18.6 Å². The van der Waals surface area contributed by atoms with E-state index in [-0.39, 0.29) is 43.6 Å². The Morgan fingerprint density at radius 1 is 1.16 bits per heavy atom. The van der Waals surface area contributed by atoms with Crippen LogP contribution in [0.2, 0.25) is 5.02 Å². The van der Waals surface area contributed by atoms with Gasteiger partial charge >= 0.3 is 12.1 Å². The summed E-state index contributed by atoms with van der Waals surface area (Å²) in [7, 11) is 0. The molecule has 2 unspecified atom stereocenters. The van der Waals surface area contributed by atoms with Crippen molar-refractivity contribution in [2.45, 2.75) is 84.0 Å². The molecule has 2 fully saturated rings. The highest BCUT2D eigenvalue weighted by molar-refractivity contribution is 6.31. The first kappa shape index (κ1) is 28.4. The van der Waals surface area contributed by atoms with Gasteiger partial charge in [0.05, 0.1) is 28.7 Å². The molecule has 1 aliphatic carbocycles. The van der Waals surface area contributed by atoms with E-state index in [0.29, 0.717) is 30.8 Å². The van der Waals surface area contributed by atoms with Crippen LogP contribution in [0.3, 0.4) is 0 Å². The highest BCUT2D eigenvalue weighted by Crippen LogP contribution is 2.40. The molecule has 4 rings (SSSR count). The maximum absolute atomic E-state index is 14.4. The number of aliphatic carboxylic acids is 1. The normalized spacial score (nSPS) is 24.3. The standard InChI is InChI=1S/C27H34ClF3N4O3/c1-4-16-11-32-13-23(28)21(16)10-20-9-18(15(2)3)14-34(20)25(36)22-12-33-35(24(22)27(29,30)31)19-7-5-17(6-8-19)26(37)38/h11-13,15,17-20H,4-10,14H2,1-3H3,(H,37,38). The van der Waals surface area contributed by atoms with Crippen molar-refractivity contribution >= 4 is 23.5 Å². The lowest BCUT2D eigenvalue weighted by molar-refractivity contribution is -0.147. The molecule has 7 nitrogen and oxygen atoms in total. The fraction of sp³-hybridized carbons (Fsp3) is 0.630. The van der Waals surface area contributed by atoms with Crippen LogP contribution in [-0.4, -0.2) is 49.2 Å². The van der Waals surface area contributed by atoms with Crippen molar-refractivity contribution in [2.75, 3.05) is 6.54 Å². The summed E-state index contributed by atoms with van der Waals surface area (Å²) in [5.41, 5.74) is 0.324. The number of nitrogens with zero attached hydrogens (tertiary/aromatic N) is 4. The molecule has 1 saturated heterocycles. The Labute approximate surface area is 225 Å². The third-order valence-corrected chi connectivity index (χ3v) is 8.58. The predicted octanol–water partition coefficient (Wildman–Crippen LogP) is 6.06. The minimum atomic E-state index is -4.79. The van der Waals surface area contributed by atoms with Crippen molar-refractivity contribution in [1.82, 2.24) is 19.7 Å². The largest absolute Gasteiger partial charge is 0.481 e. The molecule has 38 heavy (non-hydrogen) atoms. The molecule has 0 aromatic carbocycles. The van der Waals surface area contributed by atoms with Gasteiger partial charge < -0.3 is 10.0 Å². The average Bonchev–Trinajstić information content (AvgIpc) is 3.50. The van der Waals surface area contributed by atoms with E-state index in [1.807, 2.05) is 6.92 Å². The Kier molecular flexibility index (Phi) is 8.40. The molecule has 1 saturated carbocycles. The van der Waals surface area contributed by atoms with Crippen LogP contribution in [0.25, 0.3) is 0 Å². The van der Waals surface area contributed by atoms with Crippen LogP contribution >= 0.6 is 11.6 Å². The zero-order chi connectivity index (χ0) is 27.8. The minimum Gasteiger partial charge on any atom is -0.481 e. The molecule has 1 aliphatic heterocycles. The molecule has 1 amide bonds. The molecule has 0 bridgehead atoms. The SMILES string of the molecule is CCc1cncc(Cl)c1CC1CC(C(C)C)CN1C(=O)c1cnn(C2CCC(C(=O)O)CC2)c1C(F)(F)F. The van der Waals surface area contributed by atoms with Crippen molar-refractivity contribution in [3.8, 4) is 0 Å². The van der Waals surface area contributed by atoms with Gasteiger partial charge in [-0.3, -0.25) is 19.3 Å². The summed E-state index contributed by atoms with van der Waals surface area (Å²) in [5, 5.41) is 13.8. The fourth-order valence-electron chi connectivity index (χ4n) is 5.95. The number of likely N-dealkylation sites (tertiary alicyclic amines) is 1. The van der Waals surface area contributed by atoms with E-state index in [1.54, 1.807) is 17.3 Å². The second-order valence-corrected chi connectivity index (χ2v) is 11.3. The van der Waals surface area contributed by atoms with Gasteiger partial charge in [0.15, 0.2) is 5.69 Å². The van der Waals surface area contributed by atoms with Crippen molar-refractivity contribution in [3.05, 3.63) is 46.0 Å². The minimum absolute atomic E-state index is 0.144. The summed E-state index contributed by atoms with van der Waals surface area (Å²) in [5.74, 6) is -1.78. The number of carboxylic acid groups (broad SMARTS) is 1. The number of carbonyl (C=O) groups is 2. The maximum Gasteiger partial charge on any atom is 0.433 e. The van der Waals surface area contributed by atoms with E-state index in [2.05, 4.69) is 23.9 Å². The summed E-state index contributed by atoms with van der Waals surface area (Å²) >= 11 is 6.47. The third-order valence-electron chi connectivity index (χ3n) is 8.25. The molecule has 2 atom stereocenters. The monoisotopic (exact) mass is 554 g/mol. The summed E-state index contributed by atoms with van der Waals surface area (Å²) < 4.78 is 44.1. The molecular formula is C27H34ClF3N4O3. The van der Waals surface area contributed by atoms with E-state index in [1.165, 1.54) is 0 Å². The average molecular weight is 555 g/mol. The van der Waals surface area contributed by atoms with Gasteiger partial charge in [-0.2, -0.15) is 18.3 Å². The Hall–Kier alpha value is -2.62. The van der Waals surface area contributed by atoms with Gasteiger partial charge in [-0.15, -0.1) is 0 Å². The molecule has 3 heterocycles. The number of rotatable bonds is 7. The van der Waals surface area contributed by atoms with Gasteiger partial charge in [0.25, 0.3) is 5.91 Å². The number of carbonyl (C=O) groups excluding carboxylic acids is 1. The number of hydrogen-bond acceptors (Lipinski definition) is 4. The Morgan fingerprint density at radius 3 is 2.42 bits per heavy atom. The number of aromatic nitrogens is 3. The number of alkyl halides is 3. The first-order valence-electron chi connectivity index (χ1n) is 13.2. The second kappa shape index (κ2) is 11.2. The Bertz CT molecular complexity index is 1170. The summed E-state index contributed by atoms with van der Waals surface area (Å²) in [6.45, 7) is 6.45. The zero-order valence-electron chi connectivity index (χ0n) is 21.8. The first-order chi connectivity index (χ1) is 17.9. The number of hydrogen-bond donors (Lipinski definition) is 1. The van der Waals surface area contributed by atoms with Crippen LogP contribution in [0.5, 0.6) is 0 Å². The topological polar surface area (TPSA) is 88.3 Å². The maximum atomic E-state index is 14.4. The van der Waals surface area contributed by atoms with Crippen LogP contribution in [0.1, 0.15) is 86.1 Å². The first-order valence-corrected chi connectivity index (χ1v) is 13.6. The lowest BCUT2D eigenvalue weighted by Crippen LogP contribution is -2.38. The number of pyridine rings is 1. The highest BCUT2D eigenvalue weighted by atomic mass is 35.5. The van der Waals surface area contributed by atoms with E-state index >= 15 is 0 Å². The van der Waals surface area contributed by atoms with Crippen LogP contribution in [-0.2, 0) is 23.8 Å². The summed E-state index contributed by atoms with van der Waals surface area (Å²) in [4.78, 5) is 30.8. The van der Waals surface area contributed by atoms with Gasteiger partial charge in [0.1, 0.15) is 0 Å².